The van der Waals surface area contributed by atoms with Gasteiger partial charge in [-0.05, 0) is 44.6 Å². The van der Waals surface area contributed by atoms with Gasteiger partial charge in [-0.3, -0.25) is 0 Å². The third-order valence-electron chi connectivity index (χ3n) is 2.59. The summed E-state index contributed by atoms with van der Waals surface area (Å²) in [6.07, 6.45) is 5.19. The topological polar surface area (TPSA) is 12.0 Å². The Morgan fingerprint density at radius 2 is 2.08 bits per heavy atom. The molecule has 0 aromatic rings. The van der Waals surface area contributed by atoms with Crippen molar-refractivity contribution in [1.29, 1.82) is 0 Å². The van der Waals surface area contributed by atoms with Crippen LogP contribution in [0.5, 0.6) is 0 Å². The zero-order valence-electron chi connectivity index (χ0n) is 9.32. The molecular weight excluding hydrogens is 158 g/mol. The van der Waals surface area contributed by atoms with E-state index in [1.165, 1.54) is 31.4 Å². The highest BCUT2D eigenvalue weighted by Gasteiger charge is 2.22. The van der Waals surface area contributed by atoms with Gasteiger partial charge in [0.2, 0.25) is 0 Å². The summed E-state index contributed by atoms with van der Waals surface area (Å²) < 4.78 is 0. The first kappa shape index (κ1) is 10.8. The van der Waals surface area contributed by atoms with Crippen molar-refractivity contribution in [3.05, 3.63) is 12.2 Å². The van der Waals surface area contributed by atoms with Crippen LogP contribution in [0.3, 0.4) is 0 Å². The van der Waals surface area contributed by atoms with Crippen LogP contribution in [-0.4, -0.2) is 12.6 Å². The minimum atomic E-state index is 0.424. The Balaban J connectivity index is 2.11. The van der Waals surface area contributed by atoms with E-state index in [0.717, 1.165) is 12.5 Å². The lowest BCUT2D eigenvalue weighted by Gasteiger charge is -2.24. The van der Waals surface area contributed by atoms with Crippen LogP contribution in [0.1, 0.15) is 46.5 Å². The van der Waals surface area contributed by atoms with Gasteiger partial charge in [-0.25, -0.2) is 0 Å². The van der Waals surface area contributed by atoms with Crippen LogP contribution < -0.4 is 5.32 Å². The van der Waals surface area contributed by atoms with Gasteiger partial charge in [0.15, 0.2) is 0 Å². The molecule has 1 N–H and O–H groups in total. The van der Waals surface area contributed by atoms with Gasteiger partial charge in [0.1, 0.15) is 0 Å². The molecule has 0 aromatic carbocycles. The fraction of sp³-hybridized carbons (Fsp3) is 0.833. The normalized spacial score (nSPS) is 17.5. The van der Waals surface area contributed by atoms with Crippen molar-refractivity contribution >= 4 is 0 Å². The molecule has 0 spiro atoms. The zero-order chi connectivity index (χ0) is 9.90. The van der Waals surface area contributed by atoms with E-state index in [1.807, 2.05) is 0 Å². The zero-order valence-corrected chi connectivity index (χ0v) is 9.32. The summed E-state index contributed by atoms with van der Waals surface area (Å²) in [7, 11) is 0. The molecule has 1 aliphatic rings. The second-order valence-corrected chi connectivity index (χ2v) is 5.28. The smallest absolute Gasteiger partial charge is 0.00682 e. The van der Waals surface area contributed by atoms with Crippen molar-refractivity contribution in [2.24, 2.45) is 5.41 Å². The van der Waals surface area contributed by atoms with Crippen LogP contribution in [0.2, 0.25) is 0 Å². The Hall–Kier alpha value is -0.300. The lowest BCUT2D eigenvalue weighted by atomic mass is 9.83. The number of allylic oxidation sites excluding steroid dienone is 1. The second-order valence-electron chi connectivity index (χ2n) is 5.28. The molecule has 0 heterocycles. The third kappa shape index (κ3) is 5.09. The summed E-state index contributed by atoms with van der Waals surface area (Å²) in [5.41, 5.74) is 1.73. The lowest BCUT2D eigenvalue weighted by molar-refractivity contribution is 0.324. The monoisotopic (exact) mass is 181 g/mol. The quantitative estimate of drug-likeness (QED) is 0.621. The summed E-state index contributed by atoms with van der Waals surface area (Å²) in [5, 5.41) is 3.56. The Labute approximate surface area is 82.6 Å². The second kappa shape index (κ2) is 4.28. The molecule has 0 bridgehead atoms. The molecule has 0 amide bonds. The molecule has 0 atom stereocenters. The first-order chi connectivity index (χ1) is 5.99. The van der Waals surface area contributed by atoms with Gasteiger partial charge in [0, 0.05) is 6.04 Å². The van der Waals surface area contributed by atoms with Crippen LogP contribution >= 0.6 is 0 Å². The molecule has 1 saturated carbocycles. The van der Waals surface area contributed by atoms with Crippen LogP contribution in [0.15, 0.2) is 12.2 Å². The van der Waals surface area contributed by atoms with Crippen LogP contribution in [-0.2, 0) is 0 Å². The average molecular weight is 181 g/mol. The molecule has 0 aromatic heterocycles. The van der Waals surface area contributed by atoms with E-state index in [4.69, 9.17) is 0 Å². The van der Waals surface area contributed by atoms with Gasteiger partial charge < -0.3 is 5.32 Å². The summed E-state index contributed by atoms with van der Waals surface area (Å²) in [4.78, 5) is 0. The van der Waals surface area contributed by atoms with Crippen molar-refractivity contribution in [1.82, 2.24) is 5.32 Å². The van der Waals surface area contributed by atoms with E-state index >= 15 is 0 Å². The molecule has 1 nitrogen and oxygen atoms in total. The van der Waals surface area contributed by atoms with Crippen LogP contribution in [0.25, 0.3) is 0 Å². The SMILES string of the molecule is C=C(C)CC(C)(C)CCNC1CC1. The number of nitrogens with one attached hydrogen (secondary N) is 1. The van der Waals surface area contributed by atoms with Crippen molar-refractivity contribution in [2.45, 2.75) is 52.5 Å². The molecule has 0 aliphatic heterocycles. The first-order valence-electron chi connectivity index (χ1n) is 5.37. The highest BCUT2D eigenvalue weighted by Crippen LogP contribution is 2.28. The number of hydrogen-bond donors (Lipinski definition) is 1. The molecule has 1 aliphatic carbocycles. The maximum Gasteiger partial charge on any atom is 0.00682 e. The van der Waals surface area contributed by atoms with Gasteiger partial charge in [0.05, 0.1) is 0 Å². The first-order valence-corrected chi connectivity index (χ1v) is 5.37. The predicted octanol–water partition coefficient (Wildman–Crippen LogP) is 3.12. The van der Waals surface area contributed by atoms with E-state index in [2.05, 4.69) is 32.7 Å². The molecule has 76 valence electrons. The molecule has 0 radical (unpaired) electrons. The summed E-state index contributed by atoms with van der Waals surface area (Å²) in [6, 6.07) is 0.848. The Morgan fingerprint density at radius 3 is 2.54 bits per heavy atom. The average Bonchev–Trinajstić information content (AvgIpc) is 2.67. The van der Waals surface area contributed by atoms with Crippen molar-refractivity contribution in [2.75, 3.05) is 6.54 Å². The summed E-state index contributed by atoms with van der Waals surface area (Å²) in [6.45, 7) is 11.9. The van der Waals surface area contributed by atoms with E-state index < -0.39 is 0 Å². The minimum absolute atomic E-state index is 0.424. The van der Waals surface area contributed by atoms with Crippen LogP contribution in [0.4, 0.5) is 0 Å². The Bertz CT molecular complexity index is 178. The third-order valence-corrected chi connectivity index (χ3v) is 2.59. The molecule has 1 fully saturated rings. The predicted molar refractivity (Wildman–Crippen MR) is 58.9 cm³/mol. The Morgan fingerprint density at radius 1 is 1.46 bits per heavy atom. The fourth-order valence-corrected chi connectivity index (χ4v) is 1.81. The summed E-state index contributed by atoms with van der Waals surface area (Å²) in [5.74, 6) is 0. The van der Waals surface area contributed by atoms with Gasteiger partial charge in [0.25, 0.3) is 0 Å². The van der Waals surface area contributed by atoms with E-state index in [0.29, 0.717) is 5.41 Å². The van der Waals surface area contributed by atoms with Crippen molar-refractivity contribution in [3.63, 3.8) is 0 Å². The molecule has 1 rings (SSSR count). The van der Waals surface area contributed by atoms with Crippen molar-refractivity contribution < 1.29 is 0 Å². The number of rotatable bonds is 6. The van der Waals surface area contributed by atoms with E-state index in [-0.39, 0.29) is 0 Å². The molecular formula is C12H23N. The standard InChI is InChI=1S/C12H23N/c1-10(2)9-12(3,4)7-8-13-11-5-6-11/h11,13H,1,5-9H2,2-4H3. The van der Waals surface area contributed by atoms with Crippen molar-refractivity contribution in [3.8, 4) is 0 Å². The lowest BCUT2D eigenvalue weighted by Crippen LogP contribution is -2.24. The maximum atomic E-state index is 3.98. The summed E-state index contributed by atoms with van der Waals surface area (Å²) >= 11 is 0. The largest absolute Gasteiger partial charge is 0.314 e. The van der Waals surface area contributed by atoms with Crippen LogP contribution in [0, 0.1) is 5.41 Å². The van der Waals surface area contributed by atoms with Gasteiger partial charge in [-0.2, -0.15) is 0 Å². The maximum absolute atomic E-state index is 3.98. The van der Waals surface area contributed by atoms with E-state index in [1.54, 1.807) is 0 Å². The minimum Gasteiger partial charge on any atom is -0.314 e. The molecule has 1 heteroatoms. The molecule has 0 saturated heterocycles. The van der Waals surface area contributed by atoms with Gasteiger partial charge in [-0.1, -0.05) is 19.4 Å². The molecule has 0 unspecified atom stereocenters. The number of hydrogen-bond acceptors (Lipinski definition) is 1. The Kier molecular flexibility index (Phi) is 3.55. The molecule has 13 heavy (non-hydrogen) atoms. The van der Waals surface area contributed by atoms with Gasteiger partial charge >= 0.3 is 0 Å². The fourth-order valence-electron chi connectivity index (χ4n) is 1.81. The highest BCUT2D eigenvalue weighted by molar-refractivity contribution is 4.94. The van der Waals surface area contributed by atoms with E-state index in [9.17, 15) is 0 Å². The highest BCUT2D eigenvalue weighted by atomic mass is 14.9. The van der Waals surface area contributed by atoms with Gasteiger partial charge in [-0.15, -0.1) is 6.58 Å².